The van der Waals surface area contributed by atoms with Crippen LogP contribution in [-0.2, 0) is 20.7 Å². The average Bonchev–Trinajstić information content (AvgIpc) is 2.95. The largest absolute Gasteiger partial charge is 0.347 e. The van der Waals surface area contributed by atoms with Crippen molar-refractivity contribution in [2.75, 3.05) is 26.3 Å². The number of nitrogens with zero attached hydrogens (tertiary/aromatic N) is 1. The van der Waals surface area contributed by atoms with Gasteiger partial charge in [-0.05, 0) is 24.5 Å². The van der Waals surface area contributed by atoms with Crippen LogP contribution in [0.15, 0.2) is 24.3 Å². The van der Waals surface area contributed by atoms with Gasteiger partial charge in [0.25, 0.3) is 0 Å². The third-order valence-corrected chi connectivity index (χ3v) is 4.56. The van der Waals surface area contributed by atoms with Crippen LogP contribution in [0.3, 0.4) is 0 Å². The van der Waals surface area contributed by atoms with E-state index < -0.39 is 5.79 Å². The molecule has 2 aliphatic heterocycles. The molecule has 0 radical (unpaired) electrons. The Bertz CT molecular complexity index is 499. The first-order chi connectivity index (χ1) is 10.2. The smallest absolute Gasteiger partial charge is 0.222 e. The normalized spacial score (nSPS) is 20.9. The van der Waals surface area contributed by atoms with Crippen molar-refractivity contribution in [1.82, 2.24) is 4.90 Å². The molecule has 0 atom stereocenters. The predicted octanol–water partition coefficient (Wildman–Crippen LogP) is 2.29. The molecule has 0 saturated carbocycles. The van der Waals surface area contributed by atoms with Crippen molar-refractivity contribution in [1.29, 1.82) is 0 Å². The van der Waals surface area contributed by atoms with E-state index in [0.29, 0.717) is 19.6 Å². The van der Waals surface area contributed by atoms with E-state index in [-0.39, 0.29) is 5.91 Å². The minimum atomic E-state index is -0.396. The topological polar surface area (TPSA) is 38.8 Å². The zero-order valence-electron chi connectivity index (χ0n) is 12.6. The van der Waals surface area contributed by atoms with Crippen LogP contribution >= 0.6 is 0 Å². The first kappa shape index (κ1) is 14.5. The van der Waals surface area contributed by atoms with Gasteiger partial charge in [0, 0.05) is 32.4 Å². The van der Waals surface area contributed by atoms with E-state index in [1.807, 2.05) is 17.0 Å². The Hall–Kier alpha value is -1.39. The molecule has 0 aromatic heterocycles. The lowest BCUT2D eigenvalue weighted by molar-refractivity contribution is -0.187. The van der Waals surface area contributed by atoms with E-state index in [4.69, 9.17) is 9.47 Å². The van der Waals surface area contributed by atoms with Crippen molar-refractivity contribution < 1.29 is 14.3 Å². The molecule has 0 bridgehead atoms. The molecular weight excluding hydrogens is 266 g/mol. The van der Waals surface area contributed by atoms with Gasteiger partial charge in [0.2, 0.25) is 5.91 Å². The van der Waals surface area contributed by atoms with E-state index in [1.54, 1.807) is 0 Å². The van der Waals surface area contributed by atoms with Crippen molar-refractivity contribution in [2.45, 2.75) is 38.4 Å². The second kappa shape index (κ2) is 6.16. The highest BCUT2D eigenvalue weighted by atomic mass is 16.7. The lowest BCUT2D eigenvalue weighted by Crippen LogP contribution is -2.47. The molecule has 0 N–H and O–H groups in total. The van der Waals surface area contributed by atoms with Crippen LogP contribution in [0.4, 0.5) is 0 Å². The fourth-order valence-corrected chi connectivity index (χ4v) is 3.17. The molecule has 4 heteroatoms. The lowest BCUT2D eigenvalue weighted by Gasteiger charge is -2.37. The second-order valence-corrected chi connectivity index (χ2v) is 5.91. The summed E-state index contributed by atoms with van der Waals surface area (Å²) >= 11 is 0. The standard InChI is InChI=1S/C17H23NO3/c1-14-4-2-3-5-15(14)6-7-16(19)18-10-8-17(9-11-18)20-12-13-21-17/h2-5H,6-13H2,1H3. The lowest BCUT2D eigenvalue weighted by atomic mass is 10.0. The van der Waals surface area contributed by atoms with Crippen molar-refractivity contribution in [3.63, 3.8) is 0 Å². The summed E-state index contributed by atoms with van der Waals surface area (Å²) in [6, 6.07) is 8.27. The molecule has 4 nitrogen and oxygen atoms in total. The Labute approximate surface area is 126 Å². The first-order valence-electron chi connectivity index (χ1n) is 7.79. The van der Waals surface area contributed by atoms with Gasteiger partial charge in [-0.15, -0.1) is 0 Å². The van der Waals surface area contributed by atoms with E-state index >= 15 is 0 Å². The summed E-state index contributed by atoms with van der Waals surface area (Å²) in [5, 5.41) is 0. The summed E-state index contributed by atoms with van der Waals surface area (Å²) in [4.78, 5) is 14.3. The Morgan fingerprint density at radius 1 is 1.19 bits per heavy atom. The highest BCUT2D eigenvalue weighted by Gasteiger charge is 2.40. The van der Waals surface area contributed by atoms with Crippen molar-refractivity contribution in [3.8, 4) is 0 Å². The molecule has 2 heterocycles. The number of benzene rings is 1. The number of aryl methyl sites for hydroxylation is 2. The van der Waals surface area contributed by atoms with Gasteiger partial charge in [-0.1, -0.05) is 24.3 Å². The van der Waals surface area contributed by atoms with Crippen LogP contribution in [0.5, 0.6) is 0 Å². The molecule has 21 heavy (non-hydrogen) atoms. The number of likely N-dealkylation sites (tertiary alicyclic amines) is 1. The van der Waals surface area contributed by atoms with Crippen LogP contribution in [0.1, 0.15) is 30.4 Å². The molecule has 2 fully saturated rings. The molecule has 2 saturated heterocycles. The maximum Gasteiger partial charge on any atom is 0.222 e. The number of amides is 1. The Morgan fingerprint density at radius 3 is 2.52 bits per heavy atom. The van der Waals surface area contributed by atoms with E-state index in [2.05, 4.69) is 19.1 Å². The highest BCUT2D eigenvalue weighted by Crippen LogP contribution is 2.31. The van der Waals surface area contributed by atoms with E-state index in [9.17, 15) is 4.79 Å². The summed E-state index contributed by atoms with van der Waals surface area (Å²) in [6.45, 7) is 4.95. The molecule has 1 aromatic carbocycles. The van der Waals surface area contributed by atoms with Gasteiger partial charge in [0.15, 0.2) is 5.79 Å². The summed E-state index contributed by atoms with van der Waals surface area (Å²) in [5.74, 6) is -0.154. The van der Waals surface area contributed by atoms with Gasteiger partial charge in [-0.25, -0.2) is 0 Å². The number of rotatable bonds is 3. The molecule has 0 unspecified atom stereocenters. The molecule has 0 aliphatic carbocycles. The number of hydrogen-bond donors (Lipinski definition) is 0. The number of carbonyl (C=O) groups is 1. The Morgan fingerprint density at radius 2 is 1.86 bits per heavy atom. The molecule has 1 spiro atoms. The zero-order chi connectivity index (χ0) is 14.7. The fourth-order valence-electron chi connectivity index (χ4n) is 3.17. The number of ether oxygens (including phenoxy) is 2. The summed E-state index contributed by atoms with van der Waals surface area (Å²) in [7, 11) is 0. The van der Waals surface area contributed by atoms with Crippen LogP contribution in [-0.4, -0.2) is 42.9 Å². The van der Waals surface area contributed by atoms with Crippen molar-refractivity contribution in [2.24, 2.45) is 0 Å². The van der Waals surface area contributed by atoms with Crippen LogP contribution in [0.25, 0.3) is 0 Å². The molecule has 2 aliphatic rings. The molecular formula is C17H23NO3. The number of hydrogen-bond acceptors (Lipinski definition) is 3. The minimum absolute atomic E-state index is 0.242. The quantitative estimate of drug-likeness (QED) is 0.857. The summed E-state index contributed by atoms with van der Waals surface area (Å²) < 4.78 is 11.4. The number of carbonyl (C=O) groups excluding carboxylic acids is 1. The predicted molar refractivity (Wildman–Crippen MR) is 79.9 cm³/mol. The van der Waals surface area contributed by atoms with Crippen LogP contribution < -0.4 is 0 Å². The zero-order valence-corrected chi connectivity index (χ0v) is 12.6. The van der Waals surface area contributed by atoms with Crippen LogP contribution in [0, 0.1) is 6.92 Å². The fraction of sp³-hybridized carbons (Fsp3) is 0.588. The Balaban J connectivity index is 1.49. The highest BCUT2D eigenvalue weighted by molar-refractivity contribution is 5.76. The average molecular weight is 289 g/mol. The van der Waals surface area contributed by atoms with Gasteiger partial charge >= 0.3 is 0 Å². The van der Waals surface area contributed by atoms with Crippen molar-refractivity contribution >= 4 is 5.91 Å². The Kier molecular flexibility index (Phi) is 4.27. The monoisotopic (exact) mass is 289 g/mol. The van der Waals surface area contributed by atoms with E-state index in [1.165, 1.54) is 11.1 Å². The van der Waals surface area contributed by atoms with Gasteiger partial charge in [-0.3, -0.25) is 4.79 Å². The molecule has 1 amide bonds. The number of piperidine rings is 1. The van der Waals surface area contributed by atoms with Crippen LogP contribution in [0.2, 0.25) is 0 Å². The van der Waals surface area contributed by atoms with Gasteiger partial charge in [0.1, 0.15) is 0 Å². The van der Waals surface area contributed by atoms with Gasteiger partial charge in [-0.2, -0.15) is 0 Å². The SMILES string of the molecule is Cc1ccccc1CCC(=O)N1CCC2(CC1)OCCO2. The minimum Gasteiger partial charge on any atom is -0.347 e. The maximum atomic E-state index is 12.3. The third kappa shape index (κ3) is 3.27. The molecule has 3 rings (SSSR count). The van der Waals surface area contributed by atoms with Gasteiger partial charge < -0.3 is 14.4 Å². The van der Waals surface area contributed by atoms with Gasteiger partial charge in [0.05, 0.1) is 13.2 Å². The van der Waals surface area contributed by atoms with Crippen molar-refractivity contribution in [3.05, 3.63) is 35.4 Å². The second-order valence-electron chi connectivity index (χ2n) is 5.91. The first-order valence-corrected chi connectivity index (χ1v) is 7.79. The van der Waals surface area contributed by atoms with E-state index in [0.717, 1.165) is 32.4 Å². The third-order valence-electron chi connectivity index (χ3n) is 4.56. The molecule has 114 valence electrons. The summed E-state index contributed by atoms with van der Waals surface area (Å²) in [5.41, 5.74) is 2.53. The summed E-state index contributed by atoms with van der Waals surface area (Å²) in [6.07, 6.45) is 2.99. The maximum absolute atomic E-state index is 12.3. The molecule has 1 aromatic rings.